The molecule has 0 amide bonds. The summed E-state index contributed by atoms with van der Waals surface area (Å²) in [6.45, 7) is 5.42. The molecule has 4 nitrogen and oxygen atoms in total. The zero-order valence-corrected chi connectivity index (χ0v) is 9.23. The largest absolute Gasteiger partial charge is 0.459 e. The van der Waals surface area contributed by atoms with Crippen molar-refractivity contribution in [1.29, 1.82) is 0 Å². The molecule has 82 valence electrons. The number of pyridine rings is 1. The van der Waals surface area contributed by atoms with Crippen molar-refractivity contribution in [2.24, 2.45) is 5.73 Å². The quantitative estimate of drug-likeness (QED) is 0.746. The molecular weight excluding hydrogens is 192 g/mol. The minimum Gasteiger partial charge on any atom is -0.459 e. The van der Waals surface area contributed by atoms with E-state index in [2.05, 4.69) is 4.98 Å². The number of aromatic nitrogens is 1. The van der Waals surface area contributed by atoms with E-state index < -0.39 is 17.6 Å². The third kappa shape index (κ3) is 3.67. The summed E-state index contributed by atoms with van der Waals surface area (Å²) in [5.74, 6) is -0.435. The van der Waals surface area contributed by atoms with Crippen molar-refractivity contribution in [2.75, 3.05) is 0 Å². The fourth-order valence-electron chi connectivity index (χ4n) is 1.06. The molecule has 0 radical (unpaired) electrons. The molecule has 1 heterocycles. The van der Waals surface area contributed by atoms with Crippen LogP contribution in [0.1, 0.15) is 32.4 Å². The minimum absolute atomic E-state index is 0.435. The van der Waals surface area contributed by atoms with Gasteiger partial charge < -0.3 is 10.5 Å². The molecule has 1 atom stereocenters. The lowest BCUT2D eigenvalue weighted by molar-refractivity contribution is -0.156. The number of hydrogen-bond donors (Lipinski definition) is 1. The van der Waals surface area contributed by atoms with E-state index in [1.165, 1.54) is 0 Å². The number of rotatable bonds is 2. The molecule has 1 aromatic rings. The zero-order valence-electron chi connectivity index (χ0n) is 9.23. The third-order valence-electron chi connectivity index (χ3n) is 1.70. The summed E-state index contributed by atoms with van der Waals surface area (Å²) in [5.41, 5.74) is 5.87. The Labute approximate surface area is 89.5 Å². The van der Waals surface area contributed by atoms with E-state index >= 15 is 0 Å². The first-order valence-corrected chi connectivity index (χ1v) is 4.78. The van der Waals surface area contributed by atoms with E-state index in [1.807, 2.05) is 0 Å². The Morgan fingerprint density at radius 2 is 2.20 bits per heavy atom. The van der Waals surface area contributed by atoms with Crippen LogP contribution in [0.5, 0.6) is 0 Å². The maximum Gasteiger partial charge on any atom is 0.328 e. The highest BCUT2D eigenvalue weighted by molar-refractivity contribution is 5.77. The monoisotopic (exact) mass is 208 g/mol. The maximum absolute atomic E-state index is 11.6. The molecule has 0 fully saturated rings. The number of nitrogens with zero attached hydrogens (tertiary/aromatic N) is 1. The van der Waals surface area contributed by atoms with Crippen LogP contribution in [-0.4, -0.2) is 16.6 Å². The van der Waals surface area contributed by atoms with Crippen LogP contribution in [0.4, 0.5) is 0 Å². The van der Waals surface area contributed by atoms with Crippen LogP contribution >= 0.6 is 0 Å². The summed E-state index contributed by atoms with van der Waals surface area (Å²) in [7, 11) is 0. The maximum atomic E-state index is 11.6. The summed E-state index contributed by atoms with van der Waals surface area (Å²) in [5, 5.41) is 0. The molecule has 0 bridgehead atoms. The average molecular weight is 208 g/mol. The molecule has 1 unspecified atom stereocenters. The predicted octanol–water partition coefficient (Wildman–Crippen LogP) is 1.42. The summed E-state index contributed by atoms with van der Waals surface area (Å²) in [6.07, 6.45) is 3.19. The Balaban J connectivity index is 2.70. The van der Waals surface area contributed by atoms with Crippen LogP contribution in [0.15, 0.2) is 24.5 Å². The highest BCUT2D eigenvalue weighted by atomic mass is 16.6. The lowest BCUT2D eigenvalue weighted by Gasteiger charge is -2.22. The lowest BCUT2D eigenvalue weighted by Crippen LogP contribution is -2.31. The van der Waals surface area contributed by atoms with Crippen molar-refractivity contribution in [2.45, 2.75) is 32.4 Å². The van der Waals surface area contributed by atoms with Gasteiger partial charge in [0.05, 0.1) is 0 Å². The Kier molecular flexibility index (Phi) is 3.42. The van der Waals surface area contributed by atoms with E-state index in [4.69, 9.17) is 10.5 Å². The summed E-state index contributed by atoms with van der Waals surface area (Å²) < 4.78 is 5.16. The van der Waals surface area contributed by atoms with Crippen molar-refractivity contribution in [1.82, 2.24) is 4.98 Å². The van der Waals surface area contributed by atoms with E-state index in [0.29, 0.717) is 5.56 Å². The van der Waals surface area contributed by atoms with Gasteiger partial charge in [-0.2, -0.15) is 0 Å². The fraction of sp³-hybridized carbons (Fsp3) is 0.455. The molecule has 15 heavy (non-hydrogen) atoms. The molecule has 0 saturated heterocycles. The van der Waals surface area contributed by atoms with E-state index in [0.717, 1.165) is 0 Å². The van der Waals surface area contributed by atoms with Crippen LogP contribution in [0.2, 0.25) is 0 Å². The number of esters is 1. The standard InChI is InChI=1S/C11H16N2O2/c1-11(2,3)15-10(14)9(12)8-5-4-6-13-7-8/h4-7,9H,12H2,1-3H3. The van der Waals surface area contributed by atoms with Gasteiger partial charge in [0.2, 0.25) is 0 Å². The predicted molar refractivity (Wildman–Crippen MR) is 57.0 cm³/mol. The molecule has 0 aliphatic carbocycles. The van der Waals surface area contributed by atoms with Crippen LogP contribution in [-0.2, 0) is 9.53 Å². The van der Waals surface area contributed by atoms with Crippen LogP contribution in [0, 0.1) is 0 Å². The van der Waals surface area contributed by atoms with Crippen LogP contribution < -0.4 is 5.73 Å². The molecular formula is C11H16N2O2. The Morgan fingerprint density at radius 1 is 1.53 bits per heavy atom. The van der Waals surface area contributed by atoms with Crippen molar-refractivity contribution >= 4 is 5.97 Å². The third-order valence-corrected chi connectivity index (χ3v) is 1.70. The topological polar surface area (TPSA) is 65.2 Å². The van der Waals surface area contributed by atoms with Gasteiger partial charge in [0.25, 0.3) is 0 Å². The smallest absolute Gasteiger partial charge is 0.328 e. The molecule has 0 aliphatic heterocycles. The van der Waals surface area contributed by atoms with Gasteiger partial charge in [0, 0.05) is 12.4 Å². The second-order valence-corrected chi connectivity index (χ2v) is 4.30. The van der Waals surface area contributed by atoms with Gasteiger partial charge in [-0.1, -0.05) is 6.07 Å². The first-order chi connectivity index (χ1) is 6.90. The molecule has 0 aromatic carbocycles. The molecule has 2 N–H and O–H groups in total. The lowest BCUT2D eigenvalue weighted by atomic mass is 10.1. The second kappa shape index (κ2) is 4.40. The van der Waals surface area contributed by atoms with E-state index in [1.54, 1.807) is 45.3 Å². The normalized spacial score (nSPS) is 13.3. The number of carbonyl (C=O) groups excluding carboxylic acids is 1. The molecule has 0 spiro atoms. The van der Waals surface area contributed by atoms with Gasteiger partial charge in [0.15, 0.2) is 0 Å². The number of hydrogen-bond acceptors (Lipinski definition) is 4. The summed E-state index contributed by atoms with van der Waals surface area (Å²) >= 11 is 0. The van der Waals surface area contributed by atoms with Gasteiger partial charge in [-0.15, -0.1) is 0 Å². The Morgan fingerprint density at radius 3 is 2.67 bits per heavy atom. The molecule has 1 aromatic heterocycles. The van der Waals surface area contributed by atoms with Gasteiger partial charge in [0.1, 0.15) is 11.6 Å². The highest BCUT2D eigenvalue weighted by Crippen LogP contribution is 2.15. The van der Waals surface area contributed by atoms with Crippen LogP contribution in [0.25, 0.3) is 0 Å². The van der Waals surface area contributed by atoms with E-state index in [9.17, 15) is 4.79 Å². The minimum atomic E-state index is -0.766. The van der Waals surface area contributed by atoms with Gasteiger partial charge in [-0.3, -0.25) is 4.98 Å². The number of nitrogens with two attached hydrogens (primary N) is 1. The van der Waals surface area contributed by atoms with Gasteiger partial charge >= 0.3 is 5.97 Å². The first kappa shape index (κ1) is 11.7. The molecule has 0 saturated carbocycles. The van der Waals surface area contributed by atoms with Crippen molar-refractivity contribution in [3.05, 3.63) is 30.1 Å². The Hall–Kier alpha value is -1.42. The number of ether oxygens (including phenoxy) is 1. The average Bonchev–Trinajstić information content (AvgIpc) is 2.15. The van der Waals surface area contributed by atoms with Gasteiger partial charge in [-0.25, -0.2) is 4.79 Å². The van der Waals surface area contributed by atoms with Gasteiger partial charge in [-0.05, 0) is 32.4 Å². The molecule has 4 heteroatoms. The highest BCUT2D eigenvalue weighted by Gasteiger charge is 2.23. The van der Waals surface area contributed by atoms with Crippen molar-refractivity contribution in [3.63, 3.8) is 0 Å². The summed E-state index contributed by atoms with van der Waals surface area (Å²) in [4.78, 5) is 15.5. The van der Waals surface area contributed by atoms with Crippen molar-refractivity contribution < 1.29 is 9.53 Å². The van der Waals surface area contributed by atoms with Crippen molar-refractivity contribution in [3.8, 4) is 0 Å². The first-order valence-electron chi connectivity index (χ1n) is 4.78. The fourth-order valence-corrected chi connectivity index (χ4v) is 1.06. The molecule has 0 aliphatic rings. The zero-order chi connectivity index (χ0) is 11.5. The number of carbonyl (C=O) groups is 1. The summed E-state index contributed by atoms with van der Waals surface area (Å²) in [6, 6.07) is 2.72. The SMILES string of the molecule is CC(C)(C)OC(=O)C(N)c1cccnc1. The van der Waals surface area contributed by atoms with Crippen LogP contribution in [0.3, 0.4) is 0 Å². The molecule has 1 rings (SSSR count). The van der Waals surface area contributed by atoms with E-state index in [-0.39, 0.29) is 0 Å². The second-order valence-electron chi connectivity index (χ2n) is 4.30. The Bertz CT molecular complexity index is 330.